The molecule has 0 fully saturated rings. The quantitative estimate of drug-likeness (QED) is 0.465. The molecule has 0 saturated carbocycles. The topological polar surface area (TPSA) is 99.4 Å². The first kappa shape index (κ1) is 22.6. The molecule has 0 aliphatic rings. The molecule has 33 heavy (non-hydrogen) atoms. The molecule has 4 aromatic rings. The molecule has 8 nitrogen and oxygen atoms in total. The summed E-state index contributed by atoms with van der Waals surface area (Å²) in [4.78, 5) is 25.3. The Kier molecular flexibility index (Phi) is 5.77. The maximum atomic E-state index is 13.6. The van der Waals surface area contributed by atoms with Crippen molar-refractivity contribution in [1.82, 2.24) is 9.13 Å². The molecule has 0 aliphatic carbocycles. The van der Waals surface area contributed by atoms with E-state index in [1.165, 1.54) is 58.7 Å². The van der Waals surface area contributed by atoms with E-state index in [0.29, 0.717) is 16.8 Å². The molecule has 1 aromatic heterocycles. The number of amides is 1. The number of hydrogen-bond donors (Lipinski definition) is 1. The van der Waals surface area contributed by atoms with Gasteiger partial charge in [-0.15, -0.1) is 0 Å². The number of nitrogens with zero attached hydrogens (tertiary/aromatic N) is 2. The zero-order chi connectivity index (χ0) is 23.9. The number of nitrogens with one attached hydrogen (secondary N) is 1. The normalized spacial score (nSPS) is 11.5. The number of ether oxygens (including phenoxy) is 1. The molecule has 1 amide bonds. The van der Waals surface area contributed by atoms with Gasteiger partial charge in [-0.25, -0.2) is 13.2 Å². The van der Waals surface area contributed by atoms with Crippen molar-refractivity contribution in [2.45, 2.75) is 9.79 Å². The molecule has 0 radical (unpaired) electrons. The number of imidazole rings is 1. The van der Waals surface area contributed by atoms with Gasteiger partial charge in [0, 0.05) is 14.1 Å². The van der Waals surface area contributed by atoms with E-state index in [-0.39, 0.29) is 31.8 Å². The lowest BCUT2D eigenvalue weighted by atomic mass is 10.2. The van der Waals surface area contributed by atoms with E-state index in [1.807, 2.05) is 0 Å². The van der Waals surface area contributed by atoms with E-state index < -0.39 is 15.7 Å². The Balaban J connectivity index is 1.93. The summed E-state index contributed by atoms with van der Waals surface area (Å²) >= 11 is 6.14. The van der Waals surface area contributed by atoms with Crippen molar-refractivity contribution in [3.8, 4) is 5.75 Å². The van der Waals surface area contributed by atoms with E-state index >= 15 is 0 Å². The number of anilines is 1. The van der Waals surface area contributed by atoms with Crippen LogP contribution in [0.3, 0.4) is 0 Å². The lowest BCUT2D eigenvalue weighted by Gasteiger charge is -2.14. The van der Waals surface area contributed by atoms with Crippen LogP contribution in [0, 0.1) is 0 Å². The smallest absolute Gasteiger partial charge is 0.328 e. The fourth-order valence-corrected chi connectivity index (χ4v) is 5.20. The van der Waals surface area contributed by atoms with E-state index in [9.17, 15) is 18.0 Å². The second kappa shape index (κ2) is 8.42. The SMILES string of the molecule is COc1ccc(S(=O)(=O)c2cc3c(cc2NC(=O)c2ccccc2Cl)n(C)c(=O)n3C)cc1. The number of aromatic nitrogens is 2. The first-order valence-corrected chi connectivity index (χ1v) is 11.7. The summed E-state index contributed by atoms with van der Waals surface area (Å²) < 4.78 is 35.0. The molecule has 1 heterocycles. The lowest BCUT2D eigenvalue weighted by molar-refractivity contribution is 0.102. The minimum atomic E-state index is -4.07. The molecule has 170 valence electrons. The van der Waals surface area contributed by atoms with Gasteiger partial charge < -0.3 is 10.1 Å². The van der Waals surface area contributed by atoms with Crippen LogP contribution in [0.1, 0.15) is 10.4 Å². The van der Waals surface area contributed by atoms with Crippen LogP contribution in [0.5, 0.6) is 5.75 Å². The fourth-order valence-electron chi connectivity index (χ4n) is 3.56. The minimum absolute atomic E-state index is 0.0109. The van der Waals surface area contributed by atoms with Crippen LogP contribution in [-0.4, -0.2) is 30.6 Å². The number of sulfone groups is 1. The van der Waals surface area contributed by atoms with Gasteiger partial charge in [-0.3, -0.25) is 13.9 Å². The summed E-state index contributed by atoms with van der Waals surface area (Å²) in [6.07, 6.45) is 0. The summed E-state index contributed by atoms with van der Waals surface area (Å²) in [7, 11) is 0.533. The Labute approximate surface area is 194 Å². The van der Waals surface area contributed by atoms with Gasteiger partial charge in [0.1, 0.15) is 5.75 Å². The van der Waals surface area contributed by atoms with Gasteiger partial charge in [0.2, 0.25) is 9.84 Å². The molecule has 4 rings (SSSR count). The predicted octanol–water partition coefficient (Wildman–Crippen LogP) is 3.62. The first-order valence-electron chi connectivity index (χ1n) is 9.79. The van der Waals surface area contributed by atoms with Crippen molar-refractivity contribution in [1.29, 1.82) is 0 Å². The number of methoxy groups -OCH3 is 1. The van der Waals surface area contributed by atoms with E-state index in [4.69, 9.17) is 16.3 Å². The van der Waals surface area contributed by atoms with Crippen molar-refractivity contribution in [3.05, 3.63) is 81.7 Å². The number of fused-ring (bicyclic) bond motifs is 1. The number of benzene rings is 3. The van der Waals surface area contributed by atoms with E-state index in [0.717, 1.165) is 0 Å². The standard InChI is InChI=1S/C23H20ClN3O5S/c1-26-19-12-18(25-22(28)16-6-4-5-7-17(16)24)21(13-20(19)27(2)23(26)29)33(30,31)15-10-8-14(32-3)9-11-15/h4-13H,1-3H3,(H,25,28). The summed E-state index contributed by atoms with van der Waals surface area (Å²) in [5.74, 6) is -0.0748. The Morgan fingerprint density at radius 3 is 2.18 bits per heavy atom. The highest BCUT2D eigenvalue weighted by atomic mass is 35.5. The maximum Gasteiger partial charge on any atom is 0.328 e. The monoisotopic (exact) mass is 485 g/mol. The molecule has 10 heteroatoms. The van der Waals surface area contributed by atoms with Gasteiger partial charge >= 0.3 is 5.69 Å². The largest absolute Gasteiger partial charge is 0.497 e. The van der Waals surface area contributed by atoms with Crippen molar-refractivity contribution >= 4 is 44.1 Å². The highest BCUT2D eigenvalue weighted by Crippen LogP contribution is 2.33. The minimum Gasteiger partial charge on any atom is -0.497 e. The van der Waals surface area contributed by atoms with Crippen LogP contribution in [0.4, 0.5) is 5.69 Å². The average molecular weight is 486 g/mol. The molecule has 3 aromatic carbocycles. The average Bonchev–Trinajstić information content (AvgIpc) is 3.02. The van der Waals surface area contributed by atoms with Gasteiger partial charge in [-0.05, 0) is 48.5 Å². The highest BCUT2D eigenvalue weighted by Gasteiger charge is 2.26. The number of rotatable bonds is 5. The van der Waals surface area contributed by atoms with Gasteiger partial charge in [0.15, 0.2) is 0 Å². The third kappa shape index (κ3) is 3.90. The number of carbonyl (C=O) groups is 1. The molecular weight excluding hydrogens is 466 g/mol. The molecule has 1 N–H and O–H groups in total. The molecule has 0 unspecified atom stereocenters. The molecule has 0 bridgehead atoms. The summed E-state index contributed by atoms with van der Waals surface area (Å²) in [6, 6.07) is 15.2. The molecule has 0 spiro atoms. The zero-order valence-corrected chi connectivity index (χ0v) is 19.6. The number of halogens is 1. The number of hydrogen-bond acceptors (Lipinski definition) is 5. The highest BCUT2D eigenvalue weighted by molar-refractivity contribution is 7.91. The number of aryl methyl sites for hydroxylation is 2. The first-order chi connectivity index (χ1) is 15.6. The van der Waals surface area contributed by atoms with Crippen molar-refractivity contribution in [2.75, 3.05) is 12.4 Å². The van der Waals surface area contributed by atoms with E-state index in [1.54, 1.807) is 32.3 Å². The van der Waals surface area contributed by atoms with Gasteiger partial charge in [-0.1, -0.05) is 23.7 Å². The van der Waals surface area contributed by atoms with Crippen LogP contribution in [-0.2, 0) is 23.9 Å². The van der Waals surface area contributed by atoms with Crippen molar-refractivity contribution in [3.63, 3.8) is 0 Å². The summed E-state index contributed by atoms with van der Waals surface area (Å²) in [5, 5.41) is 2.89. The second-order valence-corrected chi connectivity index (χ2v) is 9.68. The zero-order valence-electron chi connectivity index (χ0n) is 18.0. The Morgan fingerprint density at radius 2 is 1.58 bits per heavy atom. The van der Waals surface area contributed by atoms with Crippen LogP contribution < -0.4 is 15.7 Å². The van der Waals surface area contributed by atoms with Gasteiger partial charge in [-0.2, -0.15) is 0 Å². The molecule has 0 aliphatic heterocycles. The van der Waals surface area contributed by atoms with Crippen molar-refractivity contribution in [2.24, 2.45) is 14.1 Å². The summed E-state index contributed by atoms with van der Waals surface area (Å²) in [6.45, 7) is 0. The Morgan fingerprint density at radius 1 is 0.970 bits per heavy atom. The van der Waals surface area contributed by atoms with Gasteiger partial charge in [0.25, 0.3) is 5.91 Å². The van der Waals surface area contributed by atoms with Gasteiger partial charge in [0.05, 0.1) is 44.2 Å². The molecular formula is C23H20ClN3O5S. The Hall–Kier alpha value is -3.56. The van der Waals surface area contributed by atoms with Crippen LogP contribution in [0.25, 0.3) is 11.0 Å². The fraction of sp³-hybridized carbons (Fsp3) is 0.130. The van der Waals surface area contributed by atoms with Crippen LogP contribution in [0.15, 0.2) is 75.2 Å². The van der Waals surface area contributed by atoms with E-state index in [2.05, 4.69) is 5.32 Å². The lowest BCUT2D eigenvalue weighted by Crippen LogP contribution is -2.19. The predicted molar refractivity (Wildman–Crippen MR) is 126 cm³/mol. The molecule has 0 saturated heterocycles. The van der Waals surface area contributed by atoms with Crippen LogP contribution in [0.2, 0.25) is 5.02 Å². The summed E-state index contributed by atoms with van der Waals surface area (Å²) in [5.41, 5.74) is 0.766. The molecule has 0 atom stereocenters. The maximum absolute atomic E-state index is 13.6. The van der Waals surface area contributed by atoms with Crippen molar-refractivity contribution < 1.29 is 17.9 Å². The Bertz CT molecular complexity index is 1550. The second-order valence-electron chi connectivity index (χ2n) is 7.35. The third-order valence-corrected chi connectivity index (χ3v) is 7.54. The number of carbonyl (C=O) groups excluding carboxylic acids is 1. The third-order valence-electron chi connectivity index (χ3n) is 5.40. The van der Waals surface area contributed by atoms with Crippen LogP contribution >= 0.6 is 11.6 Å².